The summed E-state index contributed by atoms with van der Waals surface area (Å²) in [5.41, 5.74) is -0.0424. The zero-order valence-electron chi connectivity index (χ0n) is 27.9. The van der Waals surface area contributed by atoms with Gasteiger partial charge in [-0.05, 0) is 117 Å². The highest BCUT2D eigenvalue weighted by Gasteiger charge is 2.73. The number of ketones is 3. The number of aromatic hydroxyl groups is 2. The topological polar surface area (TPSA) is 112 Å². The molecular weight excluding hydrogens is 552 g/mol. The molecule has 2 bridgehead atoms. The van der Waals surface area contributed by atoms with E-state index in [4.69, 9.17) is 0 Å². The van der Waals surface area contributed by atoms with Crippen LogP contribution in [0.25, 0.3) is 5.76 Å². The summed E-state index contributed by atoms with van der Waals surface area (Å²) in [6, 6.07) is 3.66. The molecule has 0 radical (unpaired) electrons. The van der Waals surface area contributed by atoms with Crippen molar-refractivity contribution in [3.63, 3.8) is 0 Å². The number of Topliss-reactive ketones (excluding diaryl/α,β-unsaturated/α-hetero) is 3. The molecule has 3 rings (SSSR count). The van der Waals surface area contributed by atoms with E-state index in [-0.39, 0.29) is 36.5 Å². The Bertz CT molecular complexity index is 1480. The molecule has 0 aromatic heterocycles. The molecule has 0 spiro atoms. The molecule has 0 amide bonds. The Labute approximate surface area is 263 Å². The molecule has 44 heavy (non-hydrogen) atoms. The average molecular weight is 603 g/mol. The van der Waals surface area contributed by atoms with Crippen molar-refractivity contribution in [3.05, 3.63) is 75.9 Å². The lowest BCUT2D eigenvalue weighted by atomic mass is 9.38. The quantitative estimate of drug-likeness (QED) is 0.0616. The summed E-state index contributed by atoms with van der Waals surface area (Å²) < 4.78 is 0. The van der Waals surface area contributed by atoms with E-state index in [1.165, 1.54) is 17.7 Å². The molecule has 6 heteroatoms. The molecule has 2 fully saturated rings. The highest BCUT2D eigenvalue weighted by atomic mass is 16.3. The summed E-state index contributed by atoms with van der Waals surface area (Å²) in [5.74, 6) is -3.35. The number of aliphatic hydroxyl groups is 1. The number of allylic oxidation sites excluding steroid dienone is 9. The number of carbonyl (C=O) groups is 3. The molecular formula is C38H50O6. The summed E-state index contributed by atoms with van der Waals surface area (Å²) in [7, 11) is 0. The second kappa shape index (κ2) is 13.1. The van der Waals surface area contributed by atoms with Crippen LogP contribution >= 0.6 is 0 Å². The van der Waals surface area contributed by atoms with Crippen LogP contribution < -0.4 is 0 Å². The fraction of sp³-hybridized carbons (Fsp3) is 0.500. The molecule has 2 aliphatic rings. The number of benzene rings is 1. The van der Waals surface area contributed by atoms with Crippen LogP contribution in [0.15, 0.2) is 70.4 Å². The van der Waals surface area contributed by atoms with Crippen LogP contribution in [0.2, 0.25) is 0 Å². The lowest BCUT2D eigenvalue weighted by molar-refractivity contribution is -0.176. The second-order valence-corrected chi connectivity index (χ2v) is 14.1. The number of carbonyl (C=O) groups excluding carboxylic acids is 3. The SMILES string of the molecule is CC(C)=CCC/C(C)=C/C[C@]12C[C@@H](CC=C(C)C)C(C)(C)[C@](CC=C(C)C)(C(=O)/C(=C(\O)c3ccc(O)c(O)c3)C1=O)C2=O. The van der Waals surface area contributed by atoms with Crippen molar-refractivity contribution in [2.75, 3.05) is 0 Å². The number of rotatable bonds is 10. The van der Waals surface area contributed by atoms with E-state index in [9.17, 15) is 24.9 Å². The van der Waals surface area contributed by atoms with Crippen LogP contribution in [0.5, 0.6) is 11.5 Å². The van der Waals surface area contributed by atoms with Crippen molar-refractivity contribution in [2.24, 2.45) is 22.2 Å². The third kappa shape index (κ3) is 6.27. The van der Waals surface area contributed by atoms with Crippen molar-refractivity contribution >= 4 is 23.1 Å². The number of hydrogen-bond donors (Lipinski definition) is 3. The van der Waals surface area contributed by atoms with Gasteiger partial charge in [0.2, 0.25) is 0 Å². The standard InChI is InChI=1S/C38H50O6/c1-23(2)11-10-12-26(7)18-19-37-22-28(15-13-24(3)4)36(8,9)38(35(37)44,20-17-25(5)6)34(43)31(33(37)42)32(41)27-14-16-29(39)30(40)21-27/h11,13-14,16-18,21,28,39-41H,10,12,15,19-20,22H2,1-9H3/b26-18+,32-31-/t28-,37+,38-/m1/s1. The molecule has 3 N–H and O–H groups in total. The van der Waals surface area contributed by atoms with Gasteiger partial charge in [0, 0.05) is 5.56 Å². The Balaban J connectivity index is 2.37. The fourth-order valence-electron chi connectivity index (χ4n) is 6.86. The van der Waals surface area contributed by atoms with Gasteiger partial charge < -0.3 is 15.3 Å². The maximum Gasteiger partial charge on any atom is 0.184 e. The lowest BCUT2D eigenvalue weighted by Gasteiger charge is -2.60. The van der Waals surface area contributed by atoms with Crippen molar-refractivity contribution in [3.8, 4) is 11.5 Å². The lowest BCUT2D eigenvalue weighted by Crippen LogP contribution is -2.69. The molecule has 6 nitrogen and oxygen atoms in total. The molecule has 0 saturated heterocycles. The fourth-order valence-corrected chi connectivity index (χ4v) is 6.86. The van der Waals surface area contributed by atoms with Crippen molar-refractivity contribution in [2.45, 2.75) is 101 Å². The second-order valence-electron chi connectivity index (χ2n) is 14.1. The molecule has 1 aromatic rings. The predicted octanol–water partition coefficient (Wildman–Crippen LogP) is 8.90. The van der Waals surface area contributed by atoms with Gasteiger partial charge in [0.05, 0.1) is 5.41 Å². The van der Waals surface area contributed by atoms with Crippen molar-refractivity contribution in [1.29, 1.82) is 0 Å². The number of aliphatic hydroxyl groups excluding tert-OH is 1. The van der Waals surface area contributed by atoms with Crippen LogP contribution in [0.1, 0.15) is 106 Å². The number of fused-ring (bicyclic) bond motifs is 2. The van der Waals surface area contributed by atoms with E-state index in [0.29, 0.717) is 6.42 Å². The Morgan fingerprint density at radius 3 is 2.00 bits per heavy atom. The molecule has 2 aliphatic carbocycles. The Morgan fingerprint density at radius 2 is 1.43 bits per heavy atom. The van der Waals surface area contributed by atoms with Gasteiger partial charge in [-0.25, -0.2) is 0 Å². The van der Waals surface area contributed by atoms with Crippen LogP contribution in [0.3, 0.4) is 0 Å². The van der Waals surface area contributed by atoms with Gasteiger partial charge in [-0.1, -0.05) is 60.4 Å². The first-order valence-electron chi connectivity index (χ1n) is 15.6. The maximum atomic E-state index is 15.0. The zero-order chi connectivity index (χ0) is 33.2. The van der Waals surface area contributed by atoms with Crippen molar-refractivity contribution < 1.29 is 29.7 Å². The predicted molar refractivity (Wildman–Crippen MR) is 176 cm³/mol. The van der Waals surface area contributed by atoms with Crippen LogP contribution in [-0.2, 0) is 14.4 Å². The maximum absolute atomic E-state index is 15.0. The van der Waals surface area contributed by atoms with Gasteiger partial charge >= 0.3 is 0 Å². The largest absolute Gasteiger partial charge is 0.506 e. The number of hydrogen-bond acceptors (Lipinski definition) is 6. The van der Waals surface area contributed by atoms with Gasteiger partial charge in [-0.15, -0.1) is 0 Å². The van der Waals surface area contributed by atoms with Crippen LogP contribution in [0, 0.1) is 22.2 Å². The number of phenols is 2. The zero-order valence-corrected chi connectivity index (χ0v) is 27.9. The van der Waals surface area contributed by atoms with E-state index in [1.54, 1.807) is 0 Å². The Kier molecular flexibility index (Phi) is 10.4. The van der Waals surface area contributed by atoms with Gasteiger partial charge in [0.15, 0.2) is 28.8 Å². The van der Waals surface area contributed by atoms with Gasteiger partial charge in [-0.2, -0.15) is 0 Å². The van der Waals surface area contributed by atoms with E-state index in [2.05, 4.69) is 12.2 Å². The summed E-state index contributed by atoms with van der Waals surface area (Å²) in [4.78, 5) is 44.5. The number of phenolic OH excluding ortho intramolecular Hbond substituents is 2. The third-order valence-corrected chi connectivity index (χ3v) is 9.82. The molecule has 238 valence electrons. The summed E-state index contributed by atoms with van der Waals surface area (Å²) in [6.07, 6.45) is 10.9. The van der Waals surface area contributed by atoms with Gasteiger partial charge in [0.1, 0.15) is 16.7 Å². The average Bonchev–Trinajstić information content (AvgIpc) is 2.92. The van der Waals surface area contributed by atoms with E-state index in [0.717, 1.165) is 35.6 Å². The minimum atomic E-state index is -1.59. The first-order valence-corrected chi connectivity index (χ1v) is 15.6. The molecule has 1 aromatic carbocycles. The van der Waals surface area contributed by atoms with E-state index < -0.39 is 50.6 Å². The van der Waals surface area contributed by atoms with E-state index in [1.807, 2.05) is 74.5 Å². The molecule has 0 aliphatic heterocycles. The first kappa shape index (κ1) is 34.8. The minimum absolute atomic E-state index is 0.0179. The Hall–Kier alpha value is -3.67. The monoisotopic (exact) mass is 602 g/mol. The highest BCUT2D eigenvalue weighted by Crippen LogP contribution is 2.65. The molecule has 0 heterocycles. The van der Waals surface area contributed by atoms with Gasteiger partial charge in [0.25, 0.3) is 0 Å². The summed E-state index contributed by atoms with van der Waals surface area (Å²) in [6.45, 7) is 17.8. The van der Waals surface area contributed by atoms with Crippen LogP contribution in [-0.4, -0.2) is 32.7 Å². The summed E-state index contributed by atoms with van der Waals surface area (Å²) >= 11 is 0. The van der Waals surface area contributed by atoms with Gasteiger partial charge in [-0.3, -0.25) is 14.4 Å². The molecule has 0 unspecified atom stereocenters. The molecule has 3 atom stereocenters. The first-order chi connectivity index (χ1) is 20.4. The van der Waals surface area contributed by atoms with Crippen LogP contribution in [0.4, 0.5) is 0 Å². The highest BCUT2D eigenvalue weighted by molar-refractivity contribution is 6.41. The third-order valence-electron chi connectivity index (χ3n) is 9.82. The smallest absolute Gasteiger partial charge is 0.184 e. The summed E-state index contributed by atoms with van der Waals surface area (Å²) in [5, 5.41) is 31.6. The normalized spacial score (nSPS) is 25.8. The van der Waals surface area contributed by atoms with Crippen molar-refractivity contribution in [1.82, 2.24) is 0 Å². The molecule has 2 saturated carbocycles. The van der Waals surface area contributed by atoms with E-state index >= 15 is 4.79 Å². The minimum Gasteiger partial charge on any atom is -0.506 e. The Morgan fingerprint density at radius 1 is 0.818 bits per heavy atom.